The van der Waals surface area contributed by atoms with Gasteiger partial charge in [-0.2, -0.15) is 8.78 Å². The van der Waals surface area contributed by atoms with Gasteiger partial charge in [-0.3, -0.25) is 0 Å². The molecule has 105 valence electrons. The summed E-state index contributed by atoms with van der Waals surface area (Å²) in [4.78, 5) is 0. The summed E-state index contributed by atoms with van der Waals surface area (Å²) in [6.07, 6.45) is 0. The van der Waals surface area contributed by atoms with Crippen LogP contribution in [0.3, 0.4) is 0 Å². The molecule has 0 unspecified atom stereocenters. The van der Waals surface area contributed by atoms with Gasteiger partial charge in [0.25, 0.3) is 0 Å². The Morgan fingerprint density at radius 2 is 1.75 bits per heavy atom. The zero-order valence-electron chi connectivity index (χ0n) is 11.0. The molecule has 0 heterocycles. The lowest BCUT2D eigenvalue weighted by Crippen LogP contribution is -2.03. The number of rotatable bonds is 5. The van der Waals surface area contributed by atoms with E-state index in [1.54, 1.807) is 30.3 Å². The SMILES string of the molecule is COc1cccc(-c2ccc[c]c2OC(F)F)c1OC. The van der Waals surface area contributed by atoms with Crippen LogP contribution in [0.2, 0.25) is 0 Å². The van der Waals surface area contributed by atoms with Gasteiger partial charge in [0.05, 0.1) is 14.2 Å². The lowest BCUT2D eigenvalue weighted by Gasteiger charge is -2.15. The molecule has 0 fully saturated rings. The molecule has 20 heavy (non-hydrogen) atoms. The maximum Gasteiger partial charge on any atom is 0.387 e. The fourth-order valence-electron chi connectivity index (χ4n) is 1.92. The number of alkyl halides is 2. The Morgan fingerprint density at radius 3 is 2.40 bits per heavy atom. The Hall–Kier alpha value is -2.30. The molecular formula is C15H13F2O3. The fourth-order valence-corrected chi connectivity index (χ4v) is 1.92. The van der Waals surface area contributed by atoms with Crippen molar-refractivity contribution in [1.82, 2.24) is 0 Å². The molecular weight excluding hydrogens is 266 g/mol. The molecule has 0 aromatic heterocycles. The van der Waals surface area contributed by atoms with Crippen LogP contribution in [0.4, 0.5) is 8.78 Å². The van der Waals surface area contributed by atoms with Crippen molar-refractivity contribution < 1.29 is 23.0 Å². The van der Waals surface area contributed by atoms with E-state index in [1.165, 1.54) is 20.3 Å². The normalized spacial score (nSPS) is 10.4. The molecule has 2 rings (SSSR count). The first-order valence-electron chi connectivity index (χ1n) is 5.84. The maximum absolute atomic E-state index is 12.4. The first-order valence-corrected chi connectivity index (χ1v) is 5.84. The molecule has 5 heteroatoms. The number of benzene rings is 2. The third-order valence-electron chi connectivity index (χ3n) is 2.72. The van der Waals surface area contributed by atoms with E-state index in [9.17, 15) is 8.78 Å². The van der Waals surface area contributed by atoms with Gasteiger partial charge in [0, 0.05) is 17.2 Å². The monoisotopic (exact) mass is 279 g/mol. The standard InChI is InChI=1S/C15H13F2O3/c1-18-13-9-5-7-11(14(13)19-2)10-6-3-4-8-12(10)20-15(16)17/h3-7,9,15H,1-2H3. The van der Waals surface area contributed by atoms with Gasteiger partial charge in [-0.25, -0.2) is 0 Å². The number of ether oxygens (including phenoxy) is 3. The van der Waals surface area contributed by atoms with E-state index in [0.29, 0.717) is 22.6 Å². The molecule has 0 aliphatic rings. The molecule has 0 bridgehead atoms. The molecule has 2 aromatic carbocycles. The highest BCUT2D eigenvalue weighted by Gasteiger charge is 2.16. The second-order valence-corrected chi connectivity index (χ2v) is 3.83. The van der Waals surface area contributed by atoms with Crippen LogP contribution in [0.5, 0.6) is 17.2 Å². The molecule has 0 saturated carbocycles. The Kier molecular flexibility index (Phi) is 4.40. The maximum atomic E-state index is 12.4. The minimum Gasteiger partial charge on any atom is -0.493 e. The van der Waals surface area contributed by atoms with E-state index in [1.807, 2.05) is 0 Å². The van der Waals surface area contributed by atoms with Gasteiger partial charge in [0.1, 0.15) is 5.75 Å². The van der Waals surface area contributed by atoms with Crippen molar-refractivity contribution in [1.29, 1.82) is 0 Å². The number of halogens is 2. The topological polar surface area (TPSA) is 27.7 Å². The van der Waals surface area contributed by atoms with Crippen molar-refractivity contribution in [3.8, 4) is 28.4 Å². The lowest BCUT2D eigenvalue weighted by molar-refractivity contribution is -0.0496. The Morgan fingerprint density at radius 1 is 1.00 bits per heavy atom. The smallest absolute Gasteiger partial charge is 0.387 e. The van der Waals surface area contributed by atoms with Gasteiger partial charge in [0.2, 0.25) is 0 Å². The van der Waals surface area contributed by atoms with Crippen LogP contribution in [0.1, 0.15) is 0 Å². The molecule has 0 aliphatic heterocycles. The van der Waals surface area contributed by atoms with Crippen molar-refractivity contribution >= 4 is 0 Å². The second kappa shape index (κ2) is 6.23. The zero-order chi connectivity index (χ0) is 14.5. The number of hydrogen-bond donors (Lipinski definition) is 0. The first kappa shape index (κ1) is 14.1. The quantitative estimate of drug-likeness (QED) is 0.833. The highest BCUT2D eigenvalue weighted by Crippen LogP contribution is 2.41. The molecule has 0 aliphatic carbocycles. The zero-order valence-corrected chi connectivity index (χ0v) is 11.0. The number of para-hydroxylation sites is 2. The largest absolute Gasteiger partial charge is 0.493 e. The van der Waals surface area contributed by atoms with Crippen molar-refractivity contribution in [3.63, 3.8) is 0 Å². The van der Waals surface area contributed by atoms with E-state index >= 15 is 0 Å². The summed E-state index contributed by atoms with van der Waals surface area (Å²) >= 11 is 0. The van der Waals surface area contributed by atoms with Crippen LogP contribution in [-0.2, 0) is 0 Å². The van der Waals surface area contributed by atoms with Crippen LogP contribution in [0, 0.1) is 6.07 Å². The van der Waals surface area contributed by atoms with Crippen molar-refractivity contribution in [2.24, 2.45) is 0 Å². The number of methoxy groups -OCH3 is 2. The predicted molar refractivity (Wildman–Crippen MR) is 70.5 cm³/mol. The summed E-state index contributed by atoms with van der Waals surface area (Å²) in [5, 5.41) is 0. The Bertz CT molecular complexity index is 585. The van der Waals surface area contributed by atoms with Crippen LogP contribution in [-0.4, -0.2) is 20.8 Å². The van der Waals surface area contributed by atoms with Gasteiger partial charge < -0.3 is 14.2 Å². The van der Waals surface area contributed by atoms with Gasteiger partial charge in [0.15, 0.2) is 11.5 Å². The summed E-state index contributed by atoms with van der Waals surface area (Å²) in [5.74, 6) is 0.930. The molecule has 0 N–H and O–H groups in total. The Balaban J connectivity index is 2.56. The van der Waals surface area contributed by atoms with Crippen LogP contribution >= 0.6 is 0 Å². The highest BCUT2D eigenvalue weighted by molar-refractivity contribution is 5.78. The van der Waals surface area contributed by atoms with Crippen LogP contribution in [0.15, 0.2) is 36.4 Å². The molecule has 3 nitrogen and oxygen atoms in total. The van der Waals surface area contributed by atoms with Crippen molar-refractivity contribution in [2.45, 2.75) is 6.61 Å². The van der Waals surface area contributed by atoms with Crippen LogP contribution < -0.4 is 14.2 Å². The summed E-state index contributed by atoms with van der Waals surface area (Å²) in [6.45, 7) is -2.91. The lowest BCUT2D eigenvalue weighted by atomic mass is 10.0. The molecule has 0 spiro atoms. The molecule has 2 aromatic rings. The Labute approximate surface area is 115 Å². The van der Waals surface area contributed by atoms with Gasteiger partial charge >= 0.3 is 6.61 Å². The average Bonchev–Trinajstić information content (AvgIpc) is 2.46. The summed E-state index contributed by atoms with van der Waals surface area (Å²) in [5.41, 5.74) is 1.06. The van der Waals surface area contributed by atoms with Gasteiger partial charge in [-0.05, 0) is 6.07 Å². The summed E-state index contributed by atoms with van der Waals surface area (Å²) in [7, 11) is 3.00. The summed E-state index contributed by atoms with van der Waals surface area (Å²) in [6, 6.07) is 12.7. The van der Waals surface area contributed by atoms with E-state index in [0.717, 1.165) is 0 Å². The predicted octanol–water partition coefficient (Wildman–Crippen LogP) is 3.77. The minimum atomic E-state index is -2.91. The third-order valence-corrected chi connectivity index (χ3v) is 2.72. The van der Waals surface area contributed by atoms with Gasteiger partial charge in [-0.15, -0.1) is 0 Å². The molecule has 0 atom stereocenters. The van der Waals surface area contributed by atoms with E-state index in [2.05, 4.69) is 10.8 Å². The number of hydrogen-bond acceptors (Lipinski definition) is 3. The van der Waals surface area contributed by atoms with Crippen LogP contribution in [0.25, 0.3) is 11.1 Å². The van der Waals surface area contributed by atoms with Crippen molar-refractivity contribution in [3.05, 3.63) is 42.5 Å². The van der Waals surface area contributed by atoms with E-state index < -0.39 is 6.61 Å². The van der Waals surface area contributed by atoms with E-state index in [4.69, 9.17) is 9.47 Å². The molecule has 0 saturated heterocycles. The summed E-state index contributed by atoms with van der Waals surface area (Å²) < 4.78 is 39.9. The highest BCUT2D eigenvalue weighted by atomic mass is 19.3. The fraction of sp³-hybridized carbons (Fsp3) is 0.200. The van der Waals surface area contributed by atoms with Crippen molar-refractivity contribution in [2.75, 3.05) is 14.2 Å². The average molecular weight is 279 g/mol. The van der Waals surface area contributed by atoms with E-state index in [-0.39, 0.29) is 5.75 Å². The minimum absolute atomic E-state index is 0.0333. The second-order valence-electron chi connectivity index (χ2n) is 3.83. The third kappa shape index (κ3) is 2.82. The first-order chi connectivity index (χ1) is 9.67. The molecule has 0 amide bonds. The molecule has 1 radical (unpaired) electrons. The van der Waals surface area contributed by atoms with Gasteiger partial charge in [-0.1, -0.05) is 30.3 Å².